The van der Waals surface area contributed by atoms with Crippen LogP contribution < -0.4 is 4.74 Å². The smallest absolute Gasteiger partial charge is 0.308 e. The van der Waals surface area contributed by atoms with Crippen LogP contribution >= 0.6 is 22.6 Å². The maximum Gasteiger partial charge on any atom is 0.308 e. The molecule has 1 aromatic carbocycles. The van der Waals surface area contributed by atoms with Crippen molar-refractivity contribution in [1.29, 1.82) is 0 Å². The maximum atomic E-state index is 10.7. The lowest BCUT2D eigenvalue weighted by Gasteiger charge is -2.22. The summed E-state index contributed by atoms with van der Waals surface area (Å²) >= 11 is 2.38. The molecule has 0 radical (unpaired) electrons. The minimum absolute atomic E-state index is 0.162. The van der Waals surface area contributed by atoms with E-state index in [9.17, 15) is 4.79 Å². The molecule has 0 aliphatic carbocycles. The molecule has 1 aromatic rings. The van der Waals surface area contributed by atoms with Gasteiger partial charge < -0.3 is 4.74 Å². The van der Waals surface area contributed by atoms with Crippen molar-refractivity contribution in [2.24, 2.45) is 0 Å². The molecule has 0 atom stereocenters. The van der Waals surface area contributed by atoms with E-state index in [1.54, 1.807) is 0 Å². The number of hydrogen-bond donors (Lipinski definition) is 0. The molecule has 0 unspecified atom stereocenters. The van der Waals surface area contributed by atoms with Crippen molar-refractivity contribution in [3.8, 4) is 5.75 Å². The van der Waals surface area contributed by atoms with Gasteiger partial charge in [0.05, 0.1) is 0 Å². The Morgan fingerprint density at radius 3 is 2.27 bits per heavy atom. The van der Waals surface area contributed by atoms with Gasteiger partial charge in [0.1, 0.15) is 5.75 Å². The first kappa shape index (κ1) is 12.5. The molecule has 0 aromatic heterocycles. The summed E-state index contributed by atoms with van der Waals surface area (Å²) in [7, 11) is 0. The summed E-state index contributed by atoms with van der Waals surface area (Å²) < 4.78 is 6.03. The molecule has 1 rings (SSSR count). The second-order valence-electron chi connectivity index (χ2n) is 4.14. The van der Waals surface area contributed by atoms with Crippen LogP contribution in [0.25, 0.3) is 0 Å². The van der Waals surface area contributed by atoms with Crippen LogP contribution in [0.5, 0.6) is 5.75 Å². The SMILES string of the molecule is CC(=O)Oc1ccc(C(C)(C)CI)cc1. The third-order valence-corrected chi connectivity index (χ3v) is 4.14. The summed E-state index contributed by atoms with van der Waals surface area (Å²) in [6.07, 6.45) is 0. The molecule has 0 heterocycles. The zero-order valence-corrected chi connectivity index (χ0v) is 11.4. The molecular formula is C12H15IO2. The lowest BCUT2D eigenvalue weighted by molar-refractivity contribution is -0.131. The molecule has 2 nitrogen and oxygen atoms in total. The largest absolute Gasteiger partial charge is 0.427 e. The van der Waals surface area contributed by atoms with Crippen LogP contribution in [0, 0.1) is 0 Å². The standard InChI is InChI=1S/C12H15IO2/c1-9(14)15-11-6-4-10(5-7-11)12(2,3)8-13/h4-7H,8H2,1-3H3. The van der Waals surface area contributed by atoms with Gasteiger partial charge in [-0.05, 0) is 23.1 Å². The zero-order valence-electron chi connectivity index (χ0n) is 9.21. The van der Waals surface area contributed by atoms with Crippen LogP contribution in [-0.4, -0.2) is 10.4 Å². The molecule has 0 aliphatic heterocycles. The first-order valence-corrected chi connectivity index (χ1v) is 6.33. The normalized spacial score (nSPS) is 11.2. The molecule has 0 bridgehead atoms. The molecule has 0 saturated carbocycles. The number of benzene rings is 1. The monoisotopic (exact) mass is 318 g/mol. The van der Waals surface area contributed by atoms with Crippen molar-refractivity contribution in [2.75, 3.05) is 4.43 Å². The molecule has 0 saturated heterocycles. The van der Waals surface area contributed by atoms with Gasteiger partial charge in [-0.2, -0.15) is 0 Å². The molecule has 0 spiro atoms. The molecule has 82 valence electrons. The van der Waals surface area contributed by atoms with Crippen LogP contribution in [0.1, 0.15) is 26.3 Å². The van der Waals surface area contributed by atoms with Crippen LogP contribution in [0.2, 0.25) is 0 Å². The Kier molecular flexibility index (Phi) is 4.13. The van der Waals surface area contributed by atoms with Gasteiger partial charge >= 0.3 is 5.97 Å². The van der Waals surface area contributed by atoms with Gasteiger partial charge in [0.25, 0.3) is 0 Å². The molecular weight excluding hydrogens is 303 g/mol. The minimum atomic E-state index is -0.282. The second-order valence-corrected chi connectivity index (χ2v) is 4.90. The fourth-order valence-corrected chi connectivity index (χ4v) is 1.66. The van der Waals surface area contributed by atoms with E-state index in [1.807, 2.05) is 24.3 Å². The predicted octanol–water partition coefficient (Wildman–Crippen LogP) is 3.32. The summed E-state index contributed by atoms with van der Waals surface area (Å²) in [6, 6.07) is 7.70. The number of hydrogen-bond acceptors (Lipinski definition) is 2. The van der Waals surface area contributed by atoms with E-state index in [1.165, 1.54) is 12.5 Å². The summed E-state index contributed by atoms with van der Waals surface area (Å²) in [5, 5.41) is 0. The lowest BCUT2D eigenvalue weighted by Crippen LogP contribution is -2.18. The fraction of sp³-hybridized carbons (Fsp3) is 0.417. The van der Waals surface area contributed by atoms with Gasteiger partial charge in [0.15, 0.2) is 0 Å². The summed E-state index contributed by atoms with van der Waals surface area (Å²) in [5.74, 6) is 0.325. The highest BCUT2D eigenvalue weighted by molar-refractivity contribution is 14.1. The molecule has 0 amide bonds. The topological polar surface area (TPSA) is 26.3 Å². The van der Waals surface area contributed by atoms with E-state index in [-0.39, 0.29) is 11.4 Å². The van der Waals surface area contributed by atoms with Gasteiger partial charge in [-0.3, -0.25) is 4.79 Å². The fourth-order valence-electron chi connectivity index (χ4n) is 1.22. The first-order valence-electron chi connectivity index (χ1n) is 4.80. The van der Waals surface area contributed by atoms with E-state index in [0.29, 0.717) is 5.75 Å². The molecule has 0 aliphatic rings. The lowest BCUT2D eigenvalue weighted by atomic mass is 9.87. The van der Waals surface area contributed by atoms with Gasteiger partial charge in [-0.15, -0.1) is 0 Å². The quantitative estimate of drug-likeness (QED) is 0.370. The average Bonchev–Trinajstić information content (AvgIpc) is 2.18. The maximum absolute atomic E-state index is 10.7. The average molecular weight is 318 g/mol. The van der Waals surface area contributed by atoms with Gasteiger partial charge in [-0.25, -0.2) is 0 Å². The van der Waals surface area contributed by atoms with Crippen molar-refractivity contribution in [1.82, 2.24) is 0 Å². The van der Waals surface area contributed by atoms with Crippen LogP contribution in [0.3, 0.4) is 0 Å². The predicted molar refractivity (Wildman–Crippen MR) is 69.7 cm³/mol. The van der Waals surface area contributed by atoms with Gasteiger partial charge in [0, 0.05) is 11.4 Å². The van der Waals surface area contributed by atoms with Crippen molar-refractivity contribution in [3.05, 3.63) is 29.8 Å². The van der Waals surface area contributed by atoms with E-state index in [4.69, 9.17) is 4.74 Å². The van der Waals surface area contributed by atoms with Crippen molar-refractivity contribution in [2.45, 2.75) is 26.2 Å². The number of rotatable bonds is 3. The van der Waals surface area contributed by atoms with Crippen molar-refractivity contribution >= 4 is 28.6 Å². The number of esters is 1. The van der Waals surface area contributed by atoms with E-state index in [0.717, 1.165) is 4.43 Å². The van der Waals surface area contributed by atoms with E-state index in [2.05, 4.69) is 36.4 Å². The number of ether oxygens (including phenoxy) is 1. The molecule has 3 heteroatoms. The highest BCUT2D eigenvalue weighted by Crippen LogP contribution is 2.27. The van der Waals surface area contributed by atoms with E-state index >= 15 is 0 Å². The van der Waals surface area contributed by atoms with Gasteiger partial charge in [0.2, 0.25) is 0 Å². The highest BCUT2D eigenvalue weighted by Gasteiger charge is 2.18. The summed E-state index contributed by atoms with van der Waals surface area (Å²) in [4.78, 5) is 10.7. The van der Waals surface area contributed by atoms with Crippen LogP contribution in [0.15, 0.2) is 24.3 Å². The van der Waals surface area contributed by atoms with Crippen molar-refractivity contribution < 1.29 is 9.53 Å². The Morgan fingerprint density at radius 2 is 1.87 bits per heavy atom. The number of carbonyl (C=O) groups excluding carboxylic acids is 1. The third kappa shape index (κ3) is 3.48. The Balaban J connectivity index is 2.85. The highest BCUT2D eigenvalue weighted by atomic mass is 127. The molecule has 0 N–H and O–H groups in total. The number of halogens is 1. The summed E-state index contributed by atoms with van der Waals surface area (Å²) in [6.45, 7) is 5.79. The Morgan fingerprint density at radius 1 is 1.33 bits per heavy atom. The molecule has 15 heavy (non-hydrogen) atoms. The molecule has 0 fully saturated rings. The van der Waals surface area contributed by atoms with Gasteiger partial charge in [-0.1, -0.05) is 48.6 Å². The minimum Gasteiger partial charge on any atom is -0.427 e. The van der Waals surface area contributed by atoms with Crippen molar-refractivity contribution in [3.63, 3.8) is 0 Å². The Labute approximate surface area is 104 Å². The second kappa shape index (κ2) is 4.96. The first-order chi connectivity index (χ1) is 6.95. The van der Waals surface area contributed by atoms with Crippen LogP contribution in [0.4, 0.5) is 0 Å². The zero-order chi connectivity index (χ0) is 11.5. The Bertz CT molecular complexity index is 341. The van der Waals surface area contributed by atoms with Crippen LogP contribution in [-0.2, 0) is 10.2 Å². The third-order valence-electron chi connectivity index (χ3n) is 2.23. The van der Waals surface area contributed by atoms with E-state index < -0.39 is 0 Å². The number of alkyl halides is 1. The summed E-state index contributed by atoms with van der Waals surface area (Å²) in [5.41, 5.74) is 1.42. The number of carbonyl (C=O) groups is 1. The Hall–Kier alpha value is -0.580.